The quantitative estimate of drug-likeness (QED) is 0.183. The van der Waals surface area contributed by atoms with Crippen molar-refractivity contribution in [2.24, 2.45) is 0 Å². The molecule has 1 aliphatic heterocycles. The van der Waals surface area contributed by atoms with Crippen LogP contribution in [0.5, 0.6) is 0 Å². The Kier molecular flexibility index (Phi) is 6.75. The first kappa shape index (κ1) is 31.3. The van der Waals surface area contributed by atoms with E-state index in [1.807, 2.05) is 42.1 Å². The van der Waals surface area contributed by atoms with E-state index < -0.39 is 5.41 Å². The summed E-state index contributed by atoms with van der Waals surface area (Å²) in [6, 6.07) is 61.2. The molecule has 0 amide bonds. The number of hydrogen-bond donors (Lipinski definition) is 0. The highest BCUT2D eigenvalue weighted by Gasteiger charge is 2.52. The van der Waals surface area contributed by atoms with Crippen molar-refractivity contribution in [2.75, 3.05) is 0 Å². The van der Waals surface area contributed by atoms with E-state index in [1.165, 1.54) is 43.2 Å². The van der Waals surface area contributed by atoms with Gasteiger partial charge < -0.3 is 4.42 Å². The van der Waals surface area contributed by atoms with E-state index in [0.29, 0.717) is 5.82 Å². The molecule has 3 heterocycles. The topological polar surface area (TPSA) is 38.9 Å². The molecule has 0 saturated heterocycles. The van der Waals surface area contributed by atoms with Crippen molar-refractivity contribution in [3.63, 3.8) is 0 Å². The third-order valence-electron chi connectivity index (χ3n) is 11.6. The van der Waals surface area contributed by atoms with Gasteiger partial charge in [0.1, 0.15) is 11.2 Å². The first-order valence-corrected chi connectivity index (χ1v) is 19.3. The Balaban J connectivity index is 1.17. The standard InChI is InChI=1S/C50H34N2OS/c1-49(2)36-17-7-9-19-38(36)50(39-20-10-8-18-37(39)49)40-21-11-13-23-46(40)54-47-27-25-32(28-41(47)50)42-30-43(52-48(51-42)31-14-4-3-5-15-31)33-24-26-35-34-16-6-12-22-44(34)53-45(35)29-33/h3-30H,1-2H3. The summed E-state index contributed by atoms with van der Waals surface area (Å²) in [6.07, 6.45) is 0. The molecule has 4 heteroatoms. The maximum Gasteiger partial charge on any atom is 0.160 e. The fourth-order valence-electron chi connectivity index (χ4n) is 9.13. The van der Waals surface area contributed by atoms with Crippen LogP contribution in [0.25, 0.3) is 55.8 Å². The summed E-state index contributed by atoms with van der Waals surface area (Å²) < 4.78 is 6.33. The lowest BCUT2D eigenvalue weighted by atomic mass is 9.54. The Morgan fingerprint density at radius 1 is 0.426 bits per heavy atom. The van der Waals surface area contributed by atoms with Crippen molar-refractivity contribution in [1.82, 2.24) is 9.97 Å². The van der Waals surface area contributed by atoms with Gasteiger partial charge in [-0.05, 0) is 75.8 Å². The normalized spacial score (nSPS) is 14.7. The van der Waals surface area contributed by atoms with Crippen LogP contribution in [-0.2, 0) is 10.8 Å². The van der Waals surface area contributed by atoms with E-state index in [9.17, 15) is 0 Å². The Bertz CT molecular complexity index is 2910. The van der Waals surface area contributed by atoms with Crippen LogP contribution in [0, 0.1) is 0 Å². The summed E-state index contributed by atoms with van der Waals surface area (Å²) in [5.41, 5.74) is 13.8. The average molecular weight is 711 g/mol. The molecule has 9 aromatic rings. The van der Waals surface area contributed by atoms with Crippen molar-refractivity contribution in [2.45, 2.75) is 34.5 Å². The second kappa shape index (κ2) is 11.6. The van der Waals surface area contributed by atoms with Crippen molar-refractivity contribution < 1.29 is 4.42 Å². The highest BCUT2D eigenvalue weighted by atomic mass is 32.2. The van der Waals surface area contributed by atoms with Crippen LogP contribution in [0.2, 0.25) is 0 Å². The summed E-state index contributed by atoms with van der Waals surface area (Å²) in [7, 11) is 0. The first-order chi connectivity index (χ1) is 26.5. The number of nitrogens with zero attached hydrogens (tertiary/aromatic N) is 2. The molecule has 3 nitrogen and oxygen atoms in total. The first-order valence-electron chi connectivity index (χ1n) is 18.5. The fraction of sp³-hybridized carbons (Fsp3) is 0.0800. The molecule has 2 aliphatic rings. The molecule has 54 heavy (non-hydrogen) atoms. The molecule has 1 spiro atoms. The van der Waals surface area contributed by atoms with Crippen LogP contribution in [0.4, 0.5) is 0 Å². The molecule has 0 fully saturated rings. The summed E-state index contributed by atoms with van der Waals surface area (Å²) in [4.78, 5) is 13.0. The molecule has 1 aliphatic carbocycles. The van der Waals surface area contributed by atoms with Crippen LogP contribution in [0.15, 0.2) is 184 Å². The number of para-hydroxylation sites is 1. The monoisotopic (exact) mass is 710 g/mol. The number of benzene rings is 7. The number of rotatable bonds is 3. The van der Waals surface area contributed by atoms with Gasteiger partial charge >= 0.3 is 0 Å². The molecule has 0 bridgehead atoms. The zero-order chi connectivity index (χ0) is 36.0. The number of fused-ring (bicyclic) bond motifs is 11. The van der Waals surface area contributed by atoms with Gasteiger partial charge in [0.05, 0.1) is 16.8 Å². The van der Waals surface area contributed by atoms with Crippen LogP contribution >= 0.6 is 11.8 Å². The third-order valence-corrected chi connectivity index (χ3v) is 12.8. The average Bonchev–Trinajstić information content (AvgIpc) is 3.60. The van der Waals surface area contributed by atoms with E-state index in [2.05, 4.69) is 153 Å². The predicted molar refractivity (Wildman–Crippen MR) is 220 cm³/mol. The van der Waals surface area contributed by atoms with Gasteiger partial charge in [0.15, 0.2) is 5.82 Å². The summed E-state index contributed by atoms with van der Waals surface area (Å²) in [5.74, 6) is 0.690. The number of aromatic nitrogens is 2. The Labute approximate surface area is 318 Å². The maximum atomic E-state index is 6.33. The molecule has 0 atom stereocenters. The predicted octanol–water partition coefficient (Wildman–Crippen LogP) is 12.9. The maximum absolute atomic E-state index is 6.33. The lowest BCUT2D eigenvalue weighted by Gasteiger charge is -2.50. The highest BCUT2D eigenvalue weighted by molar-refractivity contribution is 7.99. The van der Waals surface area contributed by atoms with E-state index in [-0.39, 0.29) is 5.41 Å². The minimum absolute atomic E-state index is 0.164. The van der Waals surface area contributed by atoms with Crippen LogP contribution in [0.1, 0.15) is 47.2 Å². The molecule has 11 rings (SSSR count). The zero-order valence-corrected chi connectivity index (χ0v) is 30.7. The molecule has 0 N–H and O–H groups in total. The summed E-state index contributed by atoms with van der Waals surface area (Å²) >= 11 is 1.86. The second-order valence-electron chi connectivity index (χ2n) is 14.9. The molecule has 0 saturated carbocycles. The Morgan fingerprint density at radius 2 is 0.981 bits per heavy atom. The molecular formula is C50H34N2OS. The Hall–Kier alpha value is -6.23. The SMILES string of the molecule is CC1(C)c2ccccc2C2(c3ccccc3Sc3ccc(-c4cc(-c5ccc6c(c5)oc5ccccc56)nc(-c5ccccc5)n4)cc32)c2ccccc21. The van der Waals surface area contributed by atoms with Crippen molar-refractivity contribution >= 4 is 33.7 Å². The van der Waals surface area contributed by atoms with Gasteiger partial charge in [-0.1, -0.05) is 153 Å². The molecule has 0 unspecified atom stereocenters. The number of hydrogen-bond acceptors (Lipinski definition) is 4. The van der Waals surface area contributed by atoms with Crippen LogP contribution < -0.4 is 0 Å². The highest BCUT2D eigenvalue weighted by Crippen LogP contribution is 2.61. The van der Waals surface area contributed by atoms with Gasteiger partial charge in [0.2, 0.25) is 0 Å². The minimum atomic E-state index is -0.514. The molecule has 7 aromatic carbocycles. The fourth-order valence-corrected chi connectivity index (χ4v) is 10.3. The Morgan fingerprint density at radius 3 is 1.72 bits per heavy atom. The molecule has 2 aromatic heterocycles. The minimum Gasteiger partial charge on any atom is -0.456 e. The van der Waals surface area contributed by atoms with Crippen LogP contribution in [0.3, 0.4) is 0 Å². The zero-order valence-electron chi connectivity index (χ0n) is 29.9. The van der Waals surface area contributed by atoms with E-state index in [4.69, 9.17) is 14.4 Å². The summed E-state index contributed by atoms with van der Waals surface area (Å²) in [6.45, 7) is 4.74. The smallest absolute Gasteiger partial charge is 0.160 e. The van der Waals surface area contributed by atoms with Crippen molar-refractivity contribution in [3.8, 4) is 33.9 Å². The van der Waals surface area contributed by atoms with Crippen molar-refractivity contribution in [1.29, 1.82) is 0 Å². The molecular weight excluding hydrogens is 677 g/mol. The lowest BCUT2D eigenvalue weighted by Crippen LogP contribution is -2.43. The molecule has 256 valence electrons. The van der Waals surface area contributed by atoms with Gasteiger partial charge in [0.25, 0.3) is 0 Å². The van der Waals surface area contributed by atoms with Gasteiger partial charge in [-0.3, -0.25) is 0 Å². The summed E-state index contributed by atoms with van der Waals surface area (Å²) in [5, 5.41) is 2.21. The van der Waals surface area contributed by atoms with Gasteiger partial charge in [-0.15, -0.1) is 0 Å². The largest absolute Gasteiger partial charge is 0.456 e. The van der Waals surface area contributed by atoms with Gasteiger partial charge in [0, 0.05) is 42.7 Å². The van der Waals surface area contributed by atoms with Crippen molar-refractivity contribution in [3.05, 3.63) is 203 Å². The van der Waals surface area contributed by atoms with Gasteiger partial charge in [-0.25, -0.2) is 9.97 Å². The lowest BCUT2D eigenvalue weighted by molar-refractivity contribution is 0.549. The van der Waals surface area contributed by atoms with E-state index in [1.54, 1.807) is 0 Å². The van der Waals surface area contributed by atoms with E-state index >= 15 is 0 Å². The number of furan rings is 1. The van der Waals surface area contributed by atoms with Gasteiger partial charge in [-0.2, -0.15) is 0 Å². The third kappa shape index (κ3) is 4.44. The second-order valence-corrected chi connectivity index (χ2v) is 16.0. The van der Waals surface area contributed by atoms with Crippen LogP contribution in [-0.4, -0.2) is 9.97 Å². The van der Waals surface area contributed by atoms with E-state index in [0.717, 1.165) is 50.0 Å². The molecule has 0 radical (unpaired) electrons.